The zero-order valence-corrected chi connectivity index (χ0v) is 12.8. The first-order valence-corrected chi connectivity index (χ1v) is 6.42. The van der Waals surface area contributed by atoms with Crippen LogP contribution in [-0.4, -0.2) is 41.7 Å². The van der Waals surface area contributed by atoms with Crippen LogP contribution in [0.2, 0.25) is 0 Å². The average Bonchev–Trinajstić information content (AvgIpc) is 2.39. The van der Waals surface area contributed by atoms with Crippen molar-refractivity contribution in [3.8, 4) is 0 Å². The molecular weight excluding hydrogens is 280 g/mol. The normalized spacial score (nSPS) is 19.1. The minimum Gasteiger partial charge on any atom is -0.366 e. The van der Waals surface area contributed by atoms with Gasteiger partial charge in [-0.3, -0.25) is 4.79 Å². The first-order chi connectivity index (χ1) is 8.97. The van der Waals surface area contributed by atoms with Crippen molar-refractivity contribution < 1.29 is 9.53 Å². The lowest BCUT2D eigenvalue weighted by atomic mass is 9.96. The summed E-state index contributed by atoms with van der Waals surface area (Å²) in [5, 5.41) is 5.87. The number of aromatic nitrogens is 2. The Labute approximate surface area is 125 Å². The lowest BCUT2D eigenvalue weighted by molar-refractivity contribution is -0.128. The standard InChI is InChI=1S/C13H20N4O2.ClH/c1-13(2,3)12-15-6-9(7-16-12)17-11(18)10-8-14-4-5-19-10;/h6-7,10,14H,4-5,8H2,1-3H3,(H,17,18);1H. The summed E-state index contributed by atoms with van der Waals surface area (Å²) in [4.78, 5) is 20.4. The van der Waals surface area contributed by atoms with Crippen molar-refractivity contribution in [2.24, 2.45) is 0 Å². The third kappa shape index (κ3) is 4.40. The van der Waals surface area contributed by atoms with E-state index in [0.717, 1.165) is 12.4 Å². The Bertz CT molecular complexity index is 439. The number of hydrogen-bond acceptors (Lipinski definition) is 5. The molecule has 0 radical (unpaired) electrons. The highest BCUT2D eigenvalue weighted by atomic mass is 35.5. The van der Waals surface area contributed by atoms with E-state index in [2.05, 4.69) is 20.6 Å². The number of rotatable bonds is 2. The van der Waals surface area contributed by atoms with Crippen molar-refractivity contribution in [2.45, 2.75) is 32.3 Å². The average molecular weight is 301 g/mol. The Hall–Kier alpha value is -1.24. The molecule has 1 atom stereocenters. The number of carbonyl (C=O) groups excluding carboxylic acids is 1. The topological polar surface area (TPSA) is 76.1 Å². The maximum atomic E-state index is 11.9. The molecule has 6 nitrogen and oxygen atoms in total. The fourth-order valence-corrected chi connectivity index (χ4v) is 1.74. The van der Waals surface area contributed by atoms with Crippen molar-refractivity contribution in [3.63, 3.8) is 0 Å². The maximum absolute atomic E-state index is 11.9. The summed E-state index contributed by atoms with van der Waals surface area (Å²) < 4.78 is 5.37. The third-order valence-electron chi connectivity index (χ3n) is 2.81. The van der Waals surface area contributed by atoms with E-state index in [1.165, 1.54) is 0 Å². The van der Waals surface area contributed by atoms with Gasteiger partial charge in [0, 0.05) is 18.5 Å². The van der Waals surface area contributed by atoms with Crippen LogP contribution in [-0.2, 0) is 14.9 Å². The maximum Gasteiger partial charge on any atom is 0.254 e. The molecule has 0 saturated carbocycles. The third-order valence-corrected chi connectivity index (χ3v) is 2.81. The van der Waals surface area contributed by atoms with Crippen LogP contribution >= 0.6 is 12.4 Å². The van der Waals surface area contributed by atoms with Gasteiger partial charge in [0.15, 0.2) is 0 Å². The molecule has 7 heteroatoms. The Morgan fingerprint density at radius 1 is 1.40 bits per heavy atom. The molecule has 0 bridgehead atoms. The van der Waals surface area contributed by atoms with Gasteiger partial charge in [-0.25, -0.2) is 9.97 Å². The van der Waals surface area contributed by atoms with Gasteiger partial charge in [-0.15, -0.1) is 12.4 Å². The molecule has 2 N–H and O–H groups in total. The number of hydrogen-bond donors (Lipinski definition) is 2. The number of nitrogens with zero attached hydrogens (tertiary/aromatic N) is 2. The highest BCUT2D eigenvalue weighted by Gasteiger charge is 2.22. The Morgan fingerprint density at radius 2 is 2.05 bits per heavy atom. The molecule has 1 aliphatic rings. The van der Waals surface area contributed by atoms with Crippen LogP contribution in [0.15, 0.2) is 12.4 Å². The molecule has 1 amide bonds. The van der Waals surface area contributed by atoms with Gasteiger partial charge in [0.25, 0.3) is 5.91 Å². The van der Waals surface area contributed by atoms with Crippen LogP contribution < -0.4 is 10.6 Å². The number of amides is 1. The molecule has 0 aliphatic carbocycles. The van der Waals surface area contributed by atoms with E-state index in [0.29, 0.717) is 18.8 Å². The number of ether oxygens (including phenoxy) is 1. The van der Waals surface area contributed by atoms with Gasteiger partial charge in [0.2, 0.25) is 0 Å². The van der Waals surface area contributed by atoms with Gasteiger partial charge < -0.3 is 15.4 Å². The van der Waals surface area contributed by atoms with Gasteiger partial charge in [-0.05, 0) is 0 Å². The SMILES string of the molecule is CC(C)(C)c1ncc(NC(=O)C2CNCCO2)cn1.Cl. The molecule has 2 heterocycles. The number of anilines is 1. The van der Waals surface area contributed by atoms with Crippen LogP contribution in [0.25, 0.3) is 0 Å². The summed E-state index contributed by atoms with van der Waals surface area (Å²) in [6.07, 6.45) is 2.81. The lowest BCUT2D eigenvalue weighted by Gasteiger charge is -2.22. The fourth-order valence-electron chi connectivity index (χ4n) is 1.74. The van der Waals surface area contributed by atoms with Gasteiger partial charge in [-0.2, -0.15) is 0 Å². The molecule has 1 aromatic heterocycles. The smallest absolute Gasteiger partial charge is 0.254 e. The second kappa shape index (κ2) is 6.97. The summed E-state index contributed by atoms with van der Waals surface area (Å²) in [6.45, 7) is 8.00. The minimum absolute atomic E-state index is 0. The Balaban J connectivity index is 0.00000200. The first kappa shape index (κ1) is 16.8. The highest BCUT2D eigenvalue weighted by Crippen LogP contribution is 2.18. The van der Waals surface area contributed by atoms with Gasteiger partial charge in [-0.1, -0.05) is 20.8 Å². The van der Waals surface area contributed by atoms with E-state index in [-0.39, 0.29) is 23.7 Å². The second-order valence-electron chi connectivity index (χ2n) is 5.60. The molecular formula is C13H21ClN4O2. The first-order valence-electron chi connectivity index (χ1n) is 6.42. The number of morpholine rings is 1. The molecule has 1 unspecified atom stereocenters. The molecule has 1 aliphatic heterocycles. The van der Waals surface area contributed by atoms with E-state index in [1.54, 1.807) is 12.4 Å². The van der Waals surface area contributed by atoms with E-state index in [1.807, 2.05) is 20.8 Å². The van der Waals surface area contributed by atoms with Crippen LogP contribution in [0.3, 0.4) is 0 Å². The molecule has 112 valence electrons. The van der Waals surface area contributed by atoms with Crippen LogP contribution in [0, 0.1) is 0 Å². The molecule has 0 aromatic carbocycles. The van der Waals surface area contributed by atoms with Crippen molar-refractivity contribution in [2.75, 3.05) is 25.0 Å². The minimum atomic E-state index is -0.448. The quantitative estimate of drug-likeness (QED) is 0.856. The van der Waals surface area contributed by atoms with Gasteiger partial charge in [0.05, 0.1) is 24.7 Å². The summed E-state index contributed by atoms with van der Waals surface area (Å²) in [5.74, 6) is 0.584. The molecule has 1 saturated heterocycles. The van der Waals surface area contributed by atoms with Crippen molar-refractivity contribution in [3.05, 3.63) is 18.2 Å². The van der Waals surface area contributed by atoms with Gasteiger partial charge >= 0.3 is 0 Å². The van der Waals surface area contributed by atoms with Crippen molar-refractivity contribution in [1.82, 2.24) is 15.3 Å². The van der Waals surface area contributed by atoms with Crippen LogP contribution in [0.4, 0.5) is 5.69 Å². The van der Waals surface area contributed by atoms with Crippen molar-refractivity contribution in [1.29, 1.82) is 0 Å². The van der Waals surface area contributed by atoms with Gasteiger partial charge in [0.1, 0.15) is 11.9 Å². The zero-order valence-electron chi connectivity index (χ0n) is 12.0. The molecule has 2 rings (SSSR count). The zero-order chi connectivity index (χ0) is 13.9. The second-order valence-corrected chi connectivity index (χ2v) is 5.60. The largest absolute Gasteiger partial charge is 0.366 e. The van der Waals surface area contributed by atoms with Crippen LogP contribution in [0.5, 0.6) is 0 Å². The predicted molar refractivity (Wildman–Crippen MR) is 79.2 cm³/mol. The van der Waals surface area contributed by atoms with E-state index < -0.39 is 6.10 Å². The van der Waals surface area contributed by atoms with Crippen molar-refractivity contribution >= 4 is 24.0 Å². The summed E-state index contributed by atoms with van der Waals surface area (Å²) in [6, 6.07) is 0. The number of carbonyl (C=O) groups is 1. The Kier molecular flexibility index (Phi) is 5.86. The molecule has 20 heavy (non-hydrogen) atoms. The van der Waals surface area contributed by atoms with Crippen LogP contribution in [0.1, 0.15) is 26.6 Å². The Morgan fingerprint density at radius 3 is 2.55 bits per heavy atom. The van der Waals surface area contributed by atoms with E-state index >= 15 is 0 Å². The molecule has 1 aromatic rings. The summed E-state index contributed by atoms with van der Waals surface area (Å²) in [7, 11) is 0. The molecule has 0 spiro atoms. The predicted octanol–water partition coefficient (Wildman–Crippen LogP) is 1.12. The fraction of sp³-hybridized carbons (Fsp3) is 0.615. The number of halogens is 1. The monoisotopic (exact) mass is 300 g/mol. The summed E-state index contributed by atoms with van der Waals surface area (Å²) >= 11 is 0. The number of nitrogens with one attached hydrogen (secondary N) is 2. The highest BCUT2D eigenvalue weighted by molar-refractivity contribution is 5.94. The van der Waals surface area contributed by atoms with E-state index in [4.69, 9.17) is 4.74 Å². The molecule has 1 fully saturated rings. The summed E-state index contributed by atoms with van der Waals surface area (Å²) in [5.41, 5.74) is 0.492. The van der Waals surface area contributed by atoms with E-state index in [9.17, 15) is 4.79 Å². The lowest BCUT2D eigenvalue weighted by Crippen LogP contribution is -2.45.